The number of hydrogen-bond donors (Lipinski definition) is 1. The molecular weight excluding hydrogens is 340 g/mol. The average molecular weight is 370 g/mol. The van der Waals surface area contributed by atoms with Crippen LogP contribution in [0.3, 0.4) is 0 Å². The minimum atomic E-state index is -0.893. The molecule has 1 aromatic carbocycles. The van der Waals surface area contributed by atoms with E-state index in [4.69, 9.17) is 5.11 Å². The monoisotopic (exact) mass is 370 g/mol. The molecule has 5 nitrogen and oxygen atoms in total. The lowest BCUT2D eigenvalue weighted by molar-refractivity contribution is -0.145. The molecule has 0 bridgehead atoms. The molecule has 1 saturated carbocycles. The van der Waals surface area contributed by atoms with Crippen molar-refractivity contribution in [3.05, 3.63) is 35.4 Å². The van der Waals surface area contributed by atoms with Crippen LogP contribution in [0.4, 0.5) is 0 Å². The molecule has 27 heavy (non-hydrogen) atoms. The van der Waals surface area contributed by atoms with E-state index in [-0.39, 0.29) is 5.54 Å². The van der Waals surface area contributed by atoms with Crippen LogP contribution in [0.25, 0.3) is 0 Å². The highest BCUT2D eigenvalue weighted by atomic mass is 16.4. The minimum absolute atomic E-state index is 0.244. The molecule has 2 aliphatic heterocycles. The third kappa shape index (κ3) is 3.49. The molecule has 1 N–H and O–H groups in total. The molecule has 3 fully saturated rings. The van der Waals surface area contributed by atoms with Crippen LogP contribution in [0.2, 0.25) is 0 Å². The molecule has 146 valence electrons. The van der Waals surface area contributed by atoms with Crippen molar-refractivity contribution in [2.24, 2.45) is 0 Å². The number of nitrogens with zero attached hydrogens (tertiary/aromatic N) is 2. The second-order valence-electron chi connectivity index (χ2n) is 8.45. The first-order chi connectivity index (χ1) is 13.1. The number of carbonyl (C=O) groups is 2. The normalized spacial score (nSPS) is 25.6. The summed E-state index contributed by atoms with van der Waals surface area (Å²) in [6.45, 7) is 3.76. The van der Waals surface area contributed by atoms with Crippen LogP contribution in [0, 0.1) is 0 Å². The zero-order valence-electron chi connectivity index (χ0n) is 16.0. The lowest BCUT2D eigenvalue weighted by atomic mass is 9.87. The Balaban J connectivity index is 1.50. The molecule has 0 radical (unpaired) electrons. The molecule has 5 heteroatoms. The number of carboxylic acid groups (broad SMARTS) is 1. The summed E-state index contributed by atoms with van der Waals surface area (Å²) in [5, 5.41) is 9.10. The standard InChI is InChI=1S/C22H30N2O3/c25-20(26)18-9-7-17(8-10-18)19-6-5-13-23(16-19)21(27)22(11-1-2-12-22)24-14-3-4-15-24/h7-10,19H,1-6,11-16H2,(H,25,26). The van der Waals surface area contributed by atoms with Gasteiger partial charge in [-0.15, -0.1) is 0 Å². The van der Waals surface area contributed by atoms with E-state index < -0.39 is 5.97 Å². The van der Waals surface area contributed by atoms with E-state index in [2.05, 4.69) is 9.80 Å². The maximum absolute atomic E-state index is 13.6. The van der Waals surface area contributed by atoms with Crippen LogP contribution in [0.15, 0.2) is 24.3 Å². The van der Waals surface area contributed by atoms with Crippen LogP contribution in [0.5, 0.6) is 0 Å². The Hall–Kier alpha value is -1.88. The summed E-state index contributed by atoms with van der Waals surface area (Å²) in [4.78, 5) is 29.3. The molecule has 3 aliphatic rings. The number of rotatable bonds is 4. The summed E-state index contributed by atoms with van der Waals surface area (Å²) in [5.41, 5.74) is 1.23. The molecule has 1 atom stereocenters. The van der Waals surface area contributed by atoms with Gasteiger partial charge in [-0.25, -0.2) is 4.79 Å². The molecule has 1 unspecified atom stereocenters. The van der Waals surface area contributed by atoms with E-state index in [1.54, 1.807) is 12.1 Å². The average Bonchev–Trinajstić information content (AvgIpc) is 3.40. The maximum Gasteiger partial charge on any atom is 0.335 e. The van der Waals surface area contributed by atoms with Gasteiger partial charge in [-0.2, -0.15) is 0 Å². The molecule has 1 aliphatic carbocycles. The van der Waals surface area contributed by atoms with Crippen LogP contribution in [-0.2, 0) is 4.79 Å². The van der Waals surface area contributed by atoms with Gasteiger partial charge in [0.05, 0.1) is 5.56 Å². The fourth-order valence-corrected chi connectivity index (χ4v) is 5.40. The van der Waals surface area contributed by atoms with Gasteiger partial charge in [0.1, 0.15) is 5.54 Å². The summed E-state index contributed by atoms with van der Waals surface area (Å²) in [5.74, 6) is -0.230. The second-order valence-corrected chi connectivity index (χ2v) is 8.45. The zero-order chi connectivity index (χ0) is 18.9. The molecule has 0 aromatic heterocycles. The summed E-state index contributed by atoms with van der Waals surface area (Å²) in [7, 11) is 0. The summed E-state index contributed by atoms with van der Waals surface area (Å²) < 4.78 is 0. The zero-order valence-corrected chi connectivity index (χ0v) is 16.0. The molecule has 4 rings (SSSR count). The van der Waals surface area contributed by atoms with Crippen LogP contribution in [0.1, 0.15) is 73.2 Å². The fourth-order valence-electron chi connectivity index (χ4n) is 5.40. The number of benzene rings is 1. The maximum atomic E-state index is 13.6. The molecule has 0 spiro atoms. The molecular formula is C22H30N2O3. The number of carboxylic acids is 1. The Labute approximate surface area is 161 Å². The molecule has 1 amide bonds. The van der Waals surface area contributed by atoms with Gasteiger partial charge < -0.3 is 10.0 Å². The molecule has 1 aromatic rings. The lowest BCUT2D eigenvalue weighted by Gasteiger charge is -2.43. The highest BCUT2D eigenvalue weighted by Gasteiger charge is 2.49. The third-order valence-electron chi connectivity index (χ3n) is 6.88. The van der Waals surface area contributed by atoms with Gasteiger partial charge in [-0.1, -0.05) is 25.0 Å². The second kappa shape index (κ2) is 7.63. The first-order valence-electron chi connectivity index (χ1n) is 10.5. The highest BCUT2D eigenvalue weighted by molar-refractivity contribution is 5.88. The Morgan fingerprint density at radius 2 is 1.59 bits per heavy atom. The van der Waals surface area contributed by atoms with Gasteiger partial charge in [-0.3, -0.25) is 9.69 Å². The Bertz CT molecular complexity index is 688. The minimum Gasteiger partial charge on any atom is -0.478 e. The van der Waals surface area contributed by atoms with Gasteiger partial charge in [0, 0.05) is 19.0 Å². The SMILES string of the molecule is O=C(O)c1ccc(C2CCCN(C(=O)C3(N4CCCC4)CCCC3)C2)cc1. The van der Waals surface area contributed by atoms with Gasteiger partial charge in [-0.05, 0) is 69.3 Å². The number of hydrogen-bond acceptors (Lipinski definition) is 3. The van der Waals surface area contributed by atoms with Gasteiger partial charge in [0.15, 0.2) is 0 Å². The van der Waals surface area contributed by atoms with Crippen molar-refractivity contribution in [1.82, 2.24) is 9.80 Å². The van der Waals surface area contributed by atoms with Gasteiger partial charge in [0.2, 0.25) is 5.91 Å². The van der Waals surface area contributed by atoms with Crippen molar-refractivity contribution in [2.45, 2.75) is 62.8 Å². The molecule has 2 heterocycles. The highest BCUT2D eigenvalue weighted by Crippen LogP contribution is 2.40. The van der Waals surface area contributed by atoms with E-state index in [0.717, 1.165) is 70.3 Å². The van der Waals surface area contributed by atoms with Crippen molar-refractivity contribution in [3.8, 4) is 0 Å². The summed E-state index contributed by atoms with van der Waals surface area (Å²) >= 11 is 0. The quantitative estimate of drug-likeness (QED) is 0.881. The lowest BCUT2D eigenvalue weighted by Crippen LogP contribution is -2.58. The van der Waals surface area contributed by atoms with Crippen LogP contribution < -0.4 is 0 Å². The van der Waals surface area contributed by atoms with Crippen molar-refractivity contribution >= 4 is 11.9 Å². The summed E-state index contributed by atoms with van der Waals surface area (Å²) in [6, 6.07) is 7.21. The Morgan fingerprint density at radius 3 is 2.22 bits per heavy atom. The van der Waals surface area contributed by atoms with Gasteiger partial charge >= 0.3 is 5.97 Å². The van der Waals surface area contributed by atoms with E-state index in [9.17, 15) is 9.59 Å². The van der Waals surface area contributed by atoms with Crippen molar-refractivity contribution in [2.75, 3.05) is 26.2 Å². The topological polar surface area (TPSA) is 60.9 Å². The van der Waals surface area contributed by atoms with E-state index in [0.29, 0.717) is 17.4 Å². The van der Waals surface area contributed by atoms with Crippen LogP contribution in [-0.4, -0.2) is 58.5 Å². The Kier molecular flexibility index (Phi) is 5.22. The predicted octanol–water partition coefficient (Wildman–Crippen LogP) is 3.50. The summed E-state index contributed by atoms with van der Waals surface area (Å²) in [6.07, 6.45) is 8.87. The largest absolute Gasteiger partial charge is 0.478 e. The van der Waals surface area contributed by atoms with E-state index in [1.807, 2.05) is 12.1 Å². The van der Waals surface area contributed by atoms with E-state index >= 15 is 0 Å². The van der Waals surface area contributed by atoms with E-state index in [1.165, 1.54) is 12.8 Å². The van der Waals surface area contributed by atoms with Crippen molar-refractivity contribution in [3.63, 3.8) is 0 Å². The first-order valence-corrected chi connectivity index (χ1v) is 10.5. The smallest absolute Gasteiger partial charge is 0.335 e. The van der Waals surface area contributed by atoms with Crippen molar-refractivity contribution in [1.29, 1.82) is 0 Å². The number of amides is 1. The van der Waals surface area contributed by atoms with Crippen molar-refractivity contribution < 1.29 is 14.7 Å². The first kappa shape index (κ1) is 18.5. The third-order valence-corrected chi connectivity index (χ3v) is 6.88. The fraction of sp³-hybridized carbons (Fsp3) is 0.636. The van der Waals surface area contributed by atoms with Gasteiger partial charge in [0.25, 0.3) is 0 Å². The number of carbonyl (C=O) groups excluding carboxylic acids is 1. The van der Waals surface area contributed by atoms with Crippen LogP contribution >= 0.6 is 0 Å². The Morgan fingerprint density at radius 1 is 0.926 bits per heavy atom. The number of aromatic carboxylic acids is 1. The predicted molar refractivity (Wildman–Crippen MR) is 104 cm³/mol. The molecule has 2 saturated heterocycles. The number of piperidine rings is 1. The number of likely N-dealkylation sites (tertiary alicyclic amines) is 2.